The molecule has 1 N–H and O–H groups in total. The van der Waals surface area contributed by atoms with Crippen LogP contribution in [0.4, 0.5) is 8.78 Å². The molecule has 0 aromatic heterocycles. The van der Waals surface area contributed by atoms with Crippen molar-refractivity contribution in [1.29, 1.82) is 0 Å². The minimum Gasteiger partial charge on any atom is -0.392 e. The van der Waals surface area contributed by atoms with Crippen molar-refractivity contribution in [2.45, 2.75) is 0 Å². The lowest BCUT2D eigenvalue weighted by molar-refractivity contribution is 0.343. The van der Waals surface area contributed by atoms with Crippen LogP contribution in [0.25, 0.3) is 5.57 Å². The monoisotopic (exact) mass is 246 g/mol. The van der Waals surface area contributed by atoms with Crippen molar-refractivity contribution in [2.75, 3.05) is 6.61 Å². The molecule has 0 aliphatic heterocycles. The Morgan fingerprint density at radius 1 is 0.833 bits per heavy atom. The molecular formula is C15H12F2O. The number of aliphatic hydroxyl groups is 1. The van der Waals surface area contributed by atoms with E-state index in [1.54, 1.807) is 30.3 Å². The highest BCUT2D eigenvalue weighted by Crippen LogP contribution is 2.23. The van der Waals surface area contributed by atoms with Crippen LogP contribution in [0.15, 0.2) is 54.6 Å². The Morgan fingerprint density at radius 3 is 1.56 bits per heavy atom. The quantitative estimate of drug-likeness (QED) is 0.880. The summed E-state index contributed by atoms with van der Waals surface area (Å²) in [5.74, 6) is -0.637. The second kappa shape index (κ2) is 5.56. The van der Waals surface area contributed by atoms with E-state index in [2.05, 4.69) is 0 Å². The Hall–Kier alpha value is -2.00. The van der Waals surface area contributed by atoms with E-state index in [1.165, 1.54) is 24.3 Å². The maximum atomic E-state index is 12.9. The first-order valence-corrected chi connectivity index (χ1v) is 5.53. The fourth-order valence-corrected chi connectivity index (χ4v) is 1.75. The molecule has 1 nitrogen and oxygen atoms in total. The van der Waals surface area contributed by atoms with Crippen LogP contribution in [0.2, 0.25) is 0 Å². The van der Waals surface area contributed by atoms with Crippen LogP contribution >= 0.6 is 0 Å². The molecule has 0 amide bonds. The third-order valence-corrected chi connectivity index (χ3v) is 2.61. The molecule has 0 radical (unpaired) electrons. The van der Waals surface area contributed by atoms with Crippen LogP contribution in [0, 0.1) is 11.6 Å². The normalized spacial score (nSPS) is 10.2. The summed E-state index contributed by atoms with van der Waals surface area (Å²) >= 11 is 0. The predicted molar refractivity (Wildman–Crippen MR) is 67.0 cm³/mol. The summed E-state index contributed by atoms with van der Waals surface area (Å²) in [6.45, 7) is -0.135. The minimum absolute atomic E-state index is 0.135. The lowest BCUT2D eigenvalue weighted by Crippen LogP contribution is -1.91. The van der Waals surface area contributed by atoms with Gasteiger partial charge in [0.15, 0.2) is 0 Å². The molecule has 2 aromatic carbocycles. The molecule has 0 bridgehead atoms. The van der Waals surface area contributed by atoms with Crippen molar-refractivity contribution in [3.8, 4) is 0 Å². The molecule has 0 saturated carbocycles. The first-order chi connectivity index (χ1) is 8.70. The van der Waals surface area contributed by atoms with Crippen LogP contribution in [-0.2, 0) is 0 Å². The SMILES string of the molecule is OCC=C(c1ccc(F)cc1)c1ccc(F)cc1. The fraction of sp³-hybridized carbons (Fsp3) is 0.0667. The Bertz CT molecular complexity index is 494. The highest BCUT2D eigenvalue weighted by molar-refractivity contribution is 5.79. The smallest absolute Gasteiger partial charge is 0.123 e. The summed E-state index contributed by atoms with van der Waals surface area (Å²) in [6, 6.07) is 11.9. The van der Waals surface area contributed by atoms with Gasteiger partial charge in [0.25, 0.3) is 0 Å². The highest BCUT2D eigenvalue weighted by Gasteiger charge is 2.05. The Labute approximate surface area is 104 Å². The van der Waals surface area contributed by atoms with Crippen molar-refractivity contribution in [3.63, 3.8) is 0 Å². The second-order valence-corrected chi connectivity index (χ2v) is 3.81. The summed E-state index contributed by atoms with van der Waals surface area (Å²) in [7, 11) is 0. The van der Waals surface area contributed by atoms with E-state index in [1.807, 2.05) is 0 Å². The van der Waals surface area contributed by atoms with Crippen molar-refractivity contribution in [1.82, 2.24) is 0 Å². The summed E-state index contributed by atoms with van der Waals surface area (Å²) in [5, 5.41) is 9.04. The molecule has 0 aliphatic rings. The summed E-state index contributed by atoms with van der Waals surface area (Å²) in [4.78, 5) is 0. The Balaban J connectivity index is 2.43. The average molecular weight is 246 g/mol. The van der Waals surface area contributed by atoms with Gasteiger partial charge in [0.1, 0.15) is 11.6 Å². The maximum Gasteiger partial charge on any atom is 0.123 e. The lowest BCUT2D eigenvalue weighted by atomic mass is 9.97. The van der Waals surface area contributed by atoms with Gasteiger partial charge in [-0.25, -0.2) is 8.78 Å². The molecule has 3 heteroatoms. The maximum absolute atomic E-state index is 12.9. The van der Waals surface area contributed by atoms with E-state index in [0.29, 0.717) is 0 Å². The molecule has 2 aromatic rings. The molecule has 0 aliphatic carbocycles. The van der Waals surface area contributed by atoms with E-state index in [4.69, 9.17) is 5.11 Å². The number of rotatable bonds is 3. The van der Waals surface area contributed by atoms with E-state index >= 15 is 0 Å². The van der Waals surface area contributed by atoms with Crippen molar-refractivity contribution >= 4 is 5.57 Å². The van der Waals surface area contributed by atoms with E-state index < -0.39 is 0 Å². The van der Waals surface area contributed by atoms with Gasteiger partial charge in [-0.15, -0.1) is 0 Å². The third kappa shape index (κ3) is 2.81. The van der Waals surface area contributed by atoms with Crippen LogP contribution in [-0.4, -0.2) is 11.7 Å². The Kier molecular flexibility index (Phi) is 3.85. The fourth-order valence-electron chi connectivity index (χ4n) is 1.75. The van der Waals surface area contributed by atoms with Gasteiger partial charge in [-0.2, -0.15) is 0 Å². The molecule has 0 spiro atoms. The van der Waals surface area contributed by atoms with Crippen molar-refractivity contribution in [3.05, 3.63) is 77.4 Å². The van der Waals surface area contributed by atoms with Crippen molar-refractivity contribution < 1.29 is 13.9 Å². The lowest BCUT2D eigenvalue weighted by Gasteiger charge is -2.08. The first kappa shape index (κ1) is 12.5. The number of hydrogen-bond acceptors (Lipinski definition) is 1. The van der Waals surface area contributed by atoms with E-state index in [-0.39, 0.29) is 18.2 Å². The molecule has 0 atom stereocenters. The minimum atomic E-state index is -0.318. The molecule has 0 fully saturated rings. The molecule has 18 heavy (non-hydrogen) atoms. The van der Waals surface area contributed by atoms with Gasteiger partial charge in [-0.1, -0.05) is 30.3 Å². The molecule has 2 rings (SSSR count). The molecule has 0 heterocycles. The van der Waals surface area contributed by atoms with Gasteiger partial charge >= 0.3 is 0 Å². The number of aliphatic hydroxyl groups excluding tert-OH is 1. The third-order valence-electron chi connectivity index (χ3n) is 2.61. The molecule has 0 unspecified atom stereocenters. The number of halogens is 2. The van der Waals surface area contributed by atoms with Gasteiger partial charge in [-0.3, -0.25) is 0 Å². The van der Waals surface area contributed by atoms with Gasteiger partial charge in [0, 0.05) is 0 Å². The number of hydrogen-bond donors (Lipinski definition) is 1. The van der Waals surface area contributed by atoms with Crippen molar-refractivity contribution in [2.24, 2.45) is 0 Å². The second-order valence-electron chi connectivity index (χ2n) is 3.81. The average Bonchev–Trinajstić information content (AvgIpc) is 2.39. The largest absolute Gasteiger partial charge is 0.392 e. The van der Waals surface area contributed by atoms with E-state index in [9.17, 15) is 8.78 Å². The van der Waals surface area contributed by atoms with Crippen LogP contribution in [0.5, 0.6) is 0 Å². The van der Waals surface area contributed by atoms with Crippen LogP contribution < -0.4 is 0 Å². The zero-order valence-electron chi connectivity index (χ0n) is 9.61. The van der Waals surface area contributed by atoms with Gasteiger partial charge in [0.05, 0.1) is 6.61 Å². The Morgan fingerprint density at radius 2 is 1.22 bits per heavy atom. The molecular weight excluding hydrogens is 234 g/mol. The summed E-state index contributed by atoms with van der Waals surface area (Å²) in [6.07, 6.45) is 1.61. The summed E-state index contributed by atoms with van der Waals surface area (Å²) < 4.78 is 25.7. The molecule has 0 saturated heterocycles. The zero-order valence-corrected chi connectivity index (χ0v) is 9.61. The van der Waals surface area contributed by atoms with E-state index in [0.717, 1.165) is 16.7 Å². The number of benzene rings is 2. The van der Waals surface area contributed by atoms with Gasteiger partial charge < -0.3 is 5.11 Å². The molecule has 92 valence electrons. The van der Waals surface area contributed by atoms with Crippen LogP contribution in [0.1, 0.15) is 11.1 Å². The first-order valence-electron chi connectivity index (χ1n) is 5.53. The predicted octanol–water partition coefficient (Wildman–Crippen LogP) is 3.39. The van der Waals surface area contributed by atoms with Gasteiger partial charge in [0.2, 0.25) is 0 Å². The summed E-state index contributed by atoms with van der Waals surface area (Å²) in [5.41, 5.74) is 2.30. The standard InChI is InChI=1S/C15H12F2O/c16-13-5-1-11(2-6-13)15(9-10-18)12-3-7-14(17)8-4-12/h1-9,18H,10H2. The zero-order chi connectivity index (χ0) is 13.0. The van der Waals surface area contributed by atoms with Crippen LogP contribution in [0.3, 0.4) is 0 Å². The van der Waals surface area contributed by atoms with Gasteiger partial charge in [-0.05, 0) is 41.0 Å². The highest BCUT2D eigenvalue weighted by atomic mass is 19.1. The topological polar surface area (TPSA) is 20.2 Å².